The number of aromatic amines is 1. The molecule has 3 rings (SSSR count). The van der Waals surface area contributed by atoms with Crippen molar-refractivity contribution >= 4 is 51.0 Å². The van der Waals surface area contributed by atoms with Gasteiger partial charge < -0.3 is 29.0 Å². The molecule has 2 aromatic rings. The lowest BCUT2D eigenvalue weighted by Gasteiger charge is -2.22. The summed E-state index contributed by atoms with van der Waals surface area (Å²) in [7, 11) is -13.9. The van der Waals surface area contributed by atoms with Crippen LogP contribution >= 0.6 is 45.1 Å². The number of carbonyl (C=O) groups excluding carboxylic acids is 1. The summed E-state index contributed by atoms with van der Waals surface area (Å²) in [5.41, 5.74) is -0.469. The van der Waals surface area contributed by atoms with Gasteiger partial charge in [-0.2, -0.15) is 8.62 Å². The molecule has 1 aliphatic rings. The summed E-state index contributed by atoms with van der Waals surface area (Å²) in [5.74, 6) is -0.790. The first-order valence-electron chi connectivity index (χ1n) is 11.7. The second kappa shape index (κ2) is 14.0. The Balaban J connectivity index is 1.86. The molecule has 0 aliphatic carbocycles. The molecule has 1 fully saturated rings. The summed E-state index contributed by atoms with van der Waals surface area (Å²) in [6.07, 6.45) is -0.897. The molecule has 1 aromatic carbocycles. The molecule has 22 heteroatoms. The largest absolute Gasteiger partial charge is 0.490 e. The normalized spacial score (nSPS) is 22.7. The van der Waals surface area contributed by atoms with Gasteiger partial charge in [-0.1, -0.05) is 39.8 Å². The molecule has 0 bridgehead atoms. The number of hydrogen-bond donors (Lipinski definition) is 5. The Hall–Kier alpha value is -1.56. The quantitative estimate of drug-likeness (QED) is 0.115. The number of H-pyrrole nitrogens is 1. The standard InChI is InChI=1S/C20H27N2O15P3S2/c1-11-9-22(20(25)21-18(11)23)17-8-15(35-19(24)14-7-5-4-6-13(14)12(2)42-41-3)16(34-17)10-33-39(29,30)37-40(31,32)36-38(26,27)28/h4-7,9,12,15-17H,8,10H2,1-3H3,(H,29,30)(H,31,32)(H,21,23,25)(H2,26,27,28)/t12?,15?,16-,17-/m1/s1. The monoisotopic (exact) mass is 692 g/mol. The minimum Gasteiger partial charge on any atom is -0.456 e. The van der Waals surface area contributed by atoms with E-state index in [1.807, 2.05) is 13.2 Å². The Morgan fingerprint density at radius 3 is 2.45 bits per heavy atom. The molecule has 0 radical (unpaired) electrons. The molecule has 42 heavy (non-hydrogen) atoms. The minimum absolute atomic E-state index is 0.111. The number of phosphoric ester groups is 1. The van der Waals surface area contributed by atoms with Crippen LogP contribution in [-0.2, 0) is 36.3 Å². The van der Waals surface area contributed by atoms with Crippen molar-refractivity contribution in [1.29, 1.82) is 0 Å². The van der Waals surface area contributed by atoms with Crippen LogP contribution in [0.25, 0.3) is 0 Å². The molecule has 5 N–H and O–H groups in total. The van der Waals surface area contributed by atoms with Crippen LogP contribution in [0.1, 0.15) is 46.3 Å². The van der Waals surface area contributed by atoms with Gasteiger partial charge in [0.25, 0.3) is 5.56 Å². The fraction of sp³-hybridized carbons (Fsp3) is 0.450. The lowest BCUT2D eigenvalue weighted by Crippen LogP contribution is -2.33. The fourth-order valence-corrected chi connectivity index (χ4v) is 8.66. The maximum absolute atomic E-state index is 13.3. The molecular weight excluding hydrogens is 665 g/mol. The Labute approximate surface area is 245 Å². The maximum atomic E-state index is 13.3. The molecule has 234 valence electrons. The van der Waals surface area contributed by atoms with Gasteiger partial charge in [0.05, 0.1) is 12.2 Å². The van der Waals surface area contributed by atoms with Crippen LogP contribution < -0.4 is 11.2 Å². The number of ether oxygens (including phenoxy) is 2. The predicted octanol–water partition coefficient (Wildman–Crippen LogP) is 2.77. The van der Waals surface area contributed by atoms with Crippen molar-refractivity contribution in [2.24, 2.45) is 0 Å². The van der Waals surface area contributed by atoms with Gasteiger partial charge in [-0.05, 0) is 31.7 Å². The van der Waals surface area contributed by atoms with E-state index in [2.05, 4.69) is 18.1 Å². The van der Waals surface area contributed by atoms with Crippen LogP contribution in [0, 0.1) is 6.92 Å². The third-order valence-corrected chi connectivity index (χ3v) is 11.6. The summed E-state index contributed by atoms with van der Waals surface area (Å²) in [6, 6.07) is 6.65. The van der Waals surface area contributed by atoms with E-state index in [0.717, 1.165) is 4.57 Å². The molecule has 0 amide bonds. The molecule has 0 spiro atoms. The fourth-order valence-electron chi connectivity index (χ4n) is 3.85. The van der Waals surface area contributed by atoms with Gasteiger partial charge in [0.1, 0.15) is 18.4 Å². The third kappa shape index (κ3) is 9.72. The van der Waals surface area contributed by atoms with Crippen LogP contribution in [0.4, 0.5) is 0 Å². The molecule has 0 saturated carbocycles. The number of aromatic nitrogens is 2. The van der Waals surface area contributed by atoms with Gasteiger partial charge in [0.2, 0.25) is 0 Å². The van der Waals surface area contributed by atoms with Gasteiger partial charge in [0.15, 0.2) is 0 Å². The summed E-state index contributed by atoms with van der Waals surface area (Å²) in [4.78, 5) is 76.3. The zero-order chi connectivity index (χ0) is 31.5. The first-order chi connectivity index (χ1) is 19.4. The van der Waals surface area contributed by atoms with E-state index >= 15 is 0 Å². The van der Waals surface area contributed by atoms with Crippen LogP contribution in [-0.4, -0.2) is 60.2 Å². The van der Waals surface area contributed by atoms with Crippen LogP contribution in [0.2, 0.25) is 0 Å². The van der Waals surface area contributed by atoms with E-state index in [1.54, 1.807) is 24.3 Å². The van der Waals surface area contributed by atoms with Crippen LogP contribution in [0.15, 0.2) is 40.1 Å². The SMILES string of the molecule is CSSC(C)c1ccccc1C(=O)OC1C[C@H](n2cc(C)c(=O)[nH]c2=O)O[C@@H]1COP(=O)(O)OP(=O)(O)OP(=O)(O)O. The van der Waals surface area contributed by atoms with Crippen LogP contribution in [0.3, 0.4) is 0 Å². The molecule has 2 heterocycles. The second-order valence-corrected chi connectivity index (χ2v) is 15.9. The smallest absolute Gasteiger partial charge is 0.456 e. The first-order valence-corrected chi connectivity index (χ1v) is 18.8. The Kier molecular flexibility index (Phi) is 11.7. The molecule has 1 saturated heterocycles. The predicted molar refractivity (Wildman–Crippen MR) is 150 cm³/mol. The number of esters is 1. The van der Waals surface area contributed by atoms with Gasteiger partial charge in [-0.3, -0.25) is 18.9 Å². The van der Waals surface area contributed by atoms with Crippen molar-refractivity contribution in [2.45, 2.75) is 44.0 Å². The van der Waals surface area contributed by atoms with E-state index in [4.69, 9.17) is 19.3 Å². The topological polar surface area (TPSA) is 250 Å². The highest BCUT2D eigenvalue weighted by atomic mass is 33.1. The van der Waals surface area contributed by atoms with E-state index in [1.165, 1.54) is 34.7 Å². The maximum Gasteiger partial charge on any atom is 0.490 e. The van der Waals surface area contributed by atoms with Gasteiger partial charge in [0, 0.05) is 23.4 Å². The minimum atomic E-state index is -5.78. The van der Waals surface area contributed by atoms with E-state index < -0.39 is 65.7 Å². The van der Waals surface area contributed by atoms with Crippen molar-refractivity contribution in [3.63, 3.8) is 0 Å². The van der Waals surface area contributed by atoms with Gasteiger partial charge in [-0.25, -0.2) is 23.3 Å². The zero-order valence-corrected chi connectivity index (χ0v) is 26.3. The molecule has 17 nitrogen and oxygen atoms in total. The third-order valence-electron chi connectivity index (χ3n) is 5.57. The highest BCUT2D eigenvalue weighted by Crippen LogP contribution is 2.66. The van der Waals surface area contributed by atoms with Crippen molar-refractivity contribution < 1.29 is 60.7 Å². The Morgan fingerprint density at radius 2 is 1.81 bits per heavy atom. The molecule has 1 aromatic heterocycles. The van der Waals surface area contributed by atoms with Crippen molar-refractivity contribution in [2.75, 3.05) is 12.9 Å². The highest BCUT2D eigenvalue weighted by molar-refractivity contribution is 8.76. The van der Waals surface area contributed by atoms with E-state index in [0.29, 0.717) is 5.56 Å². The van der Waals surface area contributed by atoms with Crippen molar-refractivity contribution in [1.82, 2.24) is 9.55 Å². The van der Waals surface area contributed by atoms with Crippen molar-refractivity contribution in [3.05, 3.63) is 68.0 Å². The lowest BCUT2D eigenvalue weighted by atomic mass is 10.0. The summed E-state index contributed by atoms with van der Waals surface area (Å²) < 4.78 is 59.3. The highest BCUT2D eigenvalue weighted by Gasteiger charge is 2.44. The Morgan fingerprint density at radius 1 is 1.14 bits per heavy atom. The Bertz CT molecular complexity index is 1560. The van der Waals surface area contributed by atoms with E-state index in [9.17, 15) is 37.9 Å². The van der Waals surface area contributed by atoms with Gasteiger partial charge in [-0.15, -0.1) is 0 Å². The zero-order valence-electron chi connectivity index (χ0n) is 22.0. The number of hydrogen-bond acceptors (Lipinski definition) is 13. The average molecular weight is 692 g/mol. The van der Waals surface area contributed by atoms with Crippen molar-refractivity contribution in [3.8, 4) is 0 Å². The average Bonchev–Trinajstić information content (AvgIpc) is 3.25. The molecule has 6 atom stereocenters. The number of nitrogens with zero attached hydrogens (tertiary/aromatic N) is 1. The lowest BCUT2D eigenvalue weighted by molar-refractivity contribution is -0.0512. The summed E-state index contributed by atoms with van der Waals surface area (Å²) in [6.45, 7) is 2.38. The second-order valence-electron chi connectivity index (χ2n) is 8.67. The number of benzene rings is 1. The first kappa shape index (κ1) is 34.9. The number of nitrogens with one attached hydrogen (secondary N) is 1. The summed E-state index contributed by atoms with van der Waals surface area (Å²) >= 11 is 0. The van der Waals surface area contributed by atoms with E-state index in [-0.39, 0.29) is 22.8 Å². The van der Waals surface area contributed by atoms with Gasteiger partial charge >= 0.3 is 35.1 Å². The number of rotatable bonds is 13. The molecule has 1 aliphatic heterocycles. The number of aryl methyl sites for hydroxylation is 1. The summed E-state index contributed by atoms with van der Waals surface area (Å²) in [5, 5.41) is -0.111. The van der Waals surface area contributed by atoms with Crippen LogP contribution in [0.5, 0.6) is 0 Å². The number of carbonyl (C=O) groups is 1. The molecule has 4 unspecified atom stereocenters. The number of phosphoric acid groups is 3. The molecular formula is C20H27N2O15P3S2.